The number of hydrogen-bond acceptors (Lipinski definition) is 4. The summed E-state index contributed by atoms with van der Waals surface area (Å²) in [7, 11) is 0. The summed E-state index contributed by atoms with van der Waals surface area (Å²) in [5.74, 6) is 1.07. The topological polar surface area (TPSA) is 64.3 Å². The molecule has 1 heterocycles. The fourth-order valence-electron chi connectivity index (χ4n) is 3.67. The number of rotatable bonds is 3. The van der Waals surface area contributed by atoms with Crippen LogP contribution < -0.4 is 15.8 Å². The molecule has 3 N–H and O–H groups in total. The third-order valence-corrected chi connectivity index (χ3v) is 5.54. The number of nitrogens with two attached hydrogens (primary N) is 1. The van der Waals surface area contributed by atoms with Crippen molar-refractivity contribution in [1.29, 1.82) is 0 Å². The molecule has 1 atom stereocenters. The lowest BCUT2D eigenvalue weighted by Gasteiger charge is -2.17. The lowest BCUT2D eigenvalue weighted by Crippen LogP contribution is -2.28. The Morgan fingerprint density at radius 3 is 2.54 bits per heavy atom. The first-order valence-corrected chi connectivity index (χ1v) is 8.50. The van der Waals surface area contributed by atoms with Crippen molar-refractivity contribution in [1.82, 2.24) is 0 Å². The van der Waals surface area contributed by atoms with Crippen molar-refractivity contribution in [2.75, 3.05) is 11.1 Å². The number of fused-ring (bicyclic) bond motifs is 2. The lowest BCUT2D eigenvalue weighted by molar-refractivity contribution is -0.108. The third kappa shape index (κ3) is 2.17. The SMILES string of the molecule is Cc1c(Oc2c(Cl)cc(N)cc2Cl)ccc2c1C1(CC1)C(C=O)N2. The smallest absolute Gasteiger partial charge is 0.164 e. The number of nitrogens with one attached hydrogen (secondary N) is 1. The van der Waals surface area contributed by atoms with Gasteiger partial charge < -0.3 is 20.6 Å². The molecule has 4 nitrogen and oxygen atoms in total. The zero-order valence-electron chi connectivity index (χ0n) is 13.0. The molecule has 1 fully saturated rings. The molecule has 2 aliphatic rings. The summed E-state index contributed by atoms with van der Waals surface area (Å²) in [5, 5.41) is 4.04. The van der Waals surface area contributed by atoms with Gasteiger partial charge in [0.1, 0.15) is 12.0 Å². The Bertz CT molecular complexity index is 839. The molecule has 24 heavy (non-hydrogen) atoms. The van der Waals surface area contributed by atoms with Crippen molar-refractivity contribution in [3.8, 4) is 11.5 Å². The predicted octanol–water partition coefficient (Wildman–Crippen LogP) is 4.70. The standard InChI is InChI=1S/C18H16Cl2N2O2/c1-9-14(24-17-11(19)6-10(21)7-12(17)20)3-2-13-16(9)18(4-5-18)15(8-23)22-13/h2-3,6-8,15,22H,4-5,21H2,1H3. The van der Waals surface area contributed by atoms with Crippen LogP contribution in [0.15, 0.2) is 24.3 Å². The lowest BCUT2D eigenvalue weighted by atomic mass is 9.89. The summed E-state index contributed by atoms with van der Waals surface area (Å²) >= 11 is 12.4. The first kappa shape index (κ1) is 15.6. The average molecular weight is 363 g/mol. The molecule has 1 aliphatic heterocycles. The summed E-state index contributed by atoms with van der Waals surface area (Å²) in [6, 6.07) is 6.87. The summed E-state index contributed by atoms with van der Waals surface area (Å²) in [4.78, 5) is 11.4. The molecule has 0 amide bonds. The van der Waals surface area contributed by atoms with Crippen LogP contribution in [-0.4, -0.2) is 12.3 Å². The molecule has 4 rings (SSSR count). The maximum absolute atomic E-state index is 11.4. The van der Waals surface area contributed by atoms with E-state index in [-0.39, 0.29) is 11.5 Å². The van der Waals surface area contributed by atoms with Crippen LogP contribution in [0.1, 0.15) is 24.0 Å². The quantitative estimate of drug-likeness (QED) is 0.613. The molecule has 0 bridgehead atoms. The number of nitrogen functional groups attached to an aromatic ring is 1. The van der Waals surface area contributed by atoms with E-state index in [4.69, 9.17) is 33.7 Å². The maximum atomic E-state index is 11.4. The number of carbonyl (C=O) groups excluding carboxylic acids is 1. The molecule has 1 spiro atoms. The van der Waals surface area contributed by atoms with Gasteiger partial charge in [0, 0.05) is 16.8 Å². The first-order chi connectivity index (χ1) is 11.5. The minimum absolute atomic E-state index is 0.0881. The third-order valence-electron chi connectivity index (χ3n) is 4.98. The Kier molecular flexibility index (Phi) is 3.44. The second kappa shape index (κ2) is 5.30. The Balaban J connectivity index is 1.77. The summed E-state index contributed by atoms with van der Waals surface area (Å²) in [5.41, 5.74) is 9.31. The Labute approximate surface area is 149 Å². The highest BCUT2D eigenvalue weighted by Crippen LogP contribution is 2.59. The van der Waals surface area contributed by atoms with E-state index < -0.39 is 0 Å². The zero-order chi connectivity index (χ0) is 17.1. The normalized spacial score (nSPS) is 19.7. The summed E-state index contributed by atoms with van der Waals surface area (Å²) < 4.78 is 6.01. The van der Waals surface area contributed by atoms with Crippen LogP contribution in [0.4, 0.5) is 11.4 Å². The van der Waals surface area contributed by atoms with Gasteiger partial charge >= 0.3 is 0 Å². The Morgan fingerprint density at radius 2 is 1.96 bits per heavy atom. The van der Waals surface area contributed by atoms with Crippen LogP contribution in [0.25, 0.3) is 0 Å². The van der Waals surface area contributed by atoms with Crippen molar-refractivity contribution < 1.29 is 9.53 Å². The van der Waals surface area contributed by atoms with Crippen LogP contribution in [-0.2, 0) is 10.2 Å². The van der Waals surface area contributed by atoms with Gasteiger partial charge in [-0.3, -0.25) is 0 Å². The van der Waals surface area contributed by atoms with Gasteiger partial charge in [-0.15, -0.1) is 0 Å². The van der Waals surface area contributed by atoms with Crippen LogP contribution >= 0.6 is 23.2 Å². The number of halogens is 2. The molecule has 2 aromatic rings. The van der Waals surface area contributed by atoms with Crippen LogP contribution in [0.5, 0.6) is 11.5 Å². The fourth-order valence-corrected chi connectivity index (χ4v) is 4.25. The van der Waals surface area contributed by atoms with Crippen molar-refractivity contribution in [2.24, 2.45) is 0 Å². The van der Waals surface area contributed by atoms with Crippen molar-refractivity contribution >= 4 is 40.9 Å². The maximum Gasteiger partial charge on any atom is 0.164 e. The summed E-state index contributed by atoms with van der Waals surface area (Å²) in [6.07, 6.45) is 3.01. The summed E-state index contributed by atoms with van der Waals surface area (Å²) in [6.45, 7) is 2.00. The molecule has 1 unspecified atom stereocenters. The zero-order valence-corrected chi connectivity index (χ0v) is 14.5. The number of carbonyl (C=O) groups is 1. The van der Waals surface area contributed by atoms with E-state index in [2.05, 4.69) is 5.32 Å². The van der Waals surface area contributed by atoms with Gasteiger partial charge in [-0.1, -0.05) is 23.2 Å². The van der Waals surface area contributed by atoms with E-state index in [9.17, 15) is 4.79 Å². The Morgan fingerprint density at radius 1 is 1.29 bits per heavy atom. The van der Waals surface area contributed by atoms with Gasteiger partial charge in [0.05, 0.1) is 16.1 Å². The minimum Gasteiger partial charge on any atom is -0.454 e. The fraction of sp³-hybridized carbons (Fsp3) is 0.278. The largest absolute Gasteiger partial charge is 0.454 e. The van der Waals surface area contributed by atoms with Gasteiger partial charge in [0.25, 0.3) is 0 Å². The van der Waals surface area contributed by atoms with Gasteiger partial charge in [-0.25, -0.2) is 0 Å². The van der Waals surface area contributed by atoms with E-state index >= 15 is 0 Å². The highest BCUT2D eigenvalue weighted by Gasteiger charge is 2.56. The van der Waals surface area contributed by atoms with Crippen molar-refractivity contribution in [3.63, 3.8) is 0 Å². The molecule has 1 saturated carbocycles. The van der Waals surface area contributed by atoms with Crippen LogP contribution in [0, 0.1) is 6.92 Å². The highest BCUT2D eigenvalue weighted by molar-refractivity contribution is 6.37. The van der Waals surface area contributed by atoms with Crippen molar-refractivity contribution in [3.05, 3.63) is 45.4 Å². The molecule has 0 saturated heterocycles. The molecule has 2 aromatic carbocycles. The number of hydrogen-bond donors (Lipinski definition) is 2. The van der Waals surface area contributed by atoms with E-state index in [0.717, 1.165) is 30.4 Å². The Hall–Kier alpha value is -1.91. The molecule has 0 radical (unpaired) electrons. The van der Waals surface area contributed by atoms with Gasteiger partial charge in [-0.05, 0) is 55.2 Å². The van der Waals surface area contributed by atoms with Gasteiger partial charge in [0.15, 0.2) is 5.75 Å². The van der Waals surface area contributed by atoms with E-state index in [1.807, 2.05) is 19.1 Å². The minimum atomic E-state index is -0.162. The molecule has 6 heteroatoms. The van der Waals surface area contributed by atoms with Gasteiger partial charge in [-0.2, -0.15) is 0 Å². The van der Waals surface area contributed by atoms with Crippen molar-refractivity contribution in [2.45, 2.75) is 31.2 Å². The number of benzene rings is 2. The molecule has 0 aromatic heterocycles. The van der Waals surface area contributed by atoms with E-state index in [1.165, 1.54) is 5.56 Å². The second-order valence-corrected chi connectivity index (χ2v) is 7.26. The van der Waals surface area contributed by atoms with Gasteiger partial charge in [0.2, 0.25) is 0 Å². The van der Waals surface area contributed by atoms with Crippen LogP contribution in [0.3, 0.4) is 0 Å². The number of anilines is 2. The highest BCUT2D eigenvalue weighted by atomic mass is 35.5. The predicted molar refractivity (Wildman–Crippen MR) is 96.5 cm³/mol. The first-order valence-electron chi connectivity index (χ1n) is 7.74. The molecular weight excluding hydrogens is 347 g/mol. The number of ether oxygens (including phenoxy) is 1. The van der Waals surface area contributed by atoms with E-state index in [1.54, 1.807) is 12.1 Å². The number of aldehydes is 1. The monoisotopic (exact) mass is 362 g/mol. The van der Waals surface area contributed by atoms with E-state index in [0.29, 0.717) is 27.2 Å². The molecule has 124 valence electrons. The van der Waals surface area contributed by atoms with Crippen LogP contribution in [0.2, 0.25) is 10.0 Å². The molecular formula is C18H16Cl2N2O2. The molecule has 1 aliphatic carbocycles. The average Bonchev–Trinajstić information content (AvgIpc) is 3.23. The second-order valence-electron chi connectivity index (χ2n) is 6.44.